The van der Waals surface area contributed by atoms with Crippen molar-refractivity contribution in [3.8, 4) is 0 Å². The summed E-state index contributed by atoms with van der Waals surface area (Å²) in [7, 11) is 0. The summed E-state index contributed by atoms with van der Waals surface area (Å²) in [4.78, 5) is 2.53. The zero-order valence-corrected chi connectivity index (χ0v) is 16.5. The van der Waals surface area contributed by atoms with Gasteiger partial charge in [0.1, 0.15) is 0 Å². The van der Waals surface area contributed by atoms with Gasteiger partial charge in [-0.05, 0) is 39.2 Å². The molecule has 134 valence electrons. The summed E-state index contributed by atoms with van der Waals surface area (Å²) in [6, 6.07) is 11.2. The molecule has 0 spiro atoms. The highest BCUT2D eigenvalue weighted by Crippen LogP contribution is 2.23. The van der Waals surface area contributed by atoms with E-state index in [0.717, 1.165) is 12.8 Å². The third-order valence-corrected chi connectivity index (χ3v) is 3.87. The smallest absolute Gasteiger partial charge is 0.0800 e. The average molecular weight is 322 g/mol. The van der Waals surface area contributed by atoms with E-state index in [-0.39, 0.29) is 6.10 Å². The molecule has 0 aromatic heterocycles. The normalized spacial score (nSPS) is 16.9. The molecule has 1 atom stereocenters. The predicted octanol–water partition coefficient (Wildman–Crippen LogP) is 6.08. The molecule has 1 fully saturated rings. The second-order valence-electron chi connectivity index (χ2n) is 6.23. The highest BCUT2D eigenvalue weighted by Gasteiger charge is 2.22. The first-order valence-electron chi connectivity index (χ1n) is 9.52. The molecular formula is C21H39NO. The lowest BCUT2D eigenvalue weighted by atomic mass is 10.1. The van der Waals surface area contributed by atoms with Crippen molar-refractivity contribution < 1.29 is 4.74 Å². The van der Waals surface area contributed by atoms with E-state index in [9.17, 15) is 0 Å². The van der Waals surface area contributed by atoms with Gasteiger partial charge < -0.3 is 9.64 Å². The summed E-state index contributed by atoms with van der Waals surface area (Å²) in [5.74, 6) is 0. The lowest BCUT2D eigenvalue weighted by Crippen LogP contribution is -2.41. The predicted molar refractivity (Wildman–Crippen MR) is 103 cm³/mol. The van der Waals surface area contributed by atoms with Crippen molar-refractivity contribution in [2.24, 2.45) is 0 Å². The summed E-state index contributed by atoms with van der Waals surface area (Å²) < 4.78 is 6.18. The first kappa shape index (κ1) is 22.1. The van der Waals surface area contributed by atoms with Crippen molar-refractivity contribution in [2.45, 2.75) is 86.0 Å². The van der Waals surface area contributed by atoms with Gasteiger partial charge in [-0.15, -0.1) is 0 Å². The topological polar surface area (TPSA) is 12.5 Å². The maximum absolute atomic E-state index is 6.18. The van der Waals surface area contributed by atoms with Gasteiger partial charge in [0.2, 0.25) is 0 Å². The molecule has 2 nitrogen and oxygen atoms in total. The molecule has 23 heavy (non-hydrogen) atoms. The summed E-state index contributed by atoms with van der Waals surface area (Å²) in [6.45, 7) is 17.3. The fraction of sp³-hybridized carbons (Fsp3) is 0.714. The summed E-state index contributed by atoms with van der Waals surface area (Å²) >= 11 is 0. The van der Waals surface area contributed by atoms with E-state index >= 15 is 0 Å². The Morgan fingerprint density at radius 2 is 1.48 bits per heavy atom. The zero-order chi connectivity index (χ0) is 17.7. The van der Waals surface area contributed by atoms with E-state index < -0.39 is 0 Å². The molecule has 1 unspecified atom stereocenters. The van der Waals surface area contributed by atoms with E-state index in [2.05, 4.69) is 69.9 Å². The molecule has 1 aliphatic rings. The first-order chi connectivity index (χ1) is 11.1. The van der Waals surface area contributed by atoms with Crippen LogP contribution >= 0.6 is 0 Å². The molecule has 2 rings (SSSR count). The second kappa shape index (κ2) is 13.6. The van der Waals surface area contributed by atoms with Crippen LogP contribution in [0.3, 0.4) is 0 Å². The van der Waals surface area contributed by atoms with Gasteiger partial charge in [0.15, 0.2) is 0 Å². The Balaban J connectivity index is 0.000000868. The van der Waals surface area contributed by atoms with E-state index in [4.69, 9.17) is 4.74 Å². The third kappa shape index (κ3) is 9.12. The van der Waals surface area contributed by atoms with Crippen molar-refractivity contribution in [3.05, 3.63) is 35.9 Å². The Bertz CT molecular complexity index is 355. The molecule has 0 bridgehead atoms. The van der Waals surface area contributed by atoms with Crippen LogP contribution < -0.4 is 0 Å². The van der Waals surface area contributed by atoms with Gasteiger partial charge >= 0.3 is 0 Å². The SMILES string of the molecule is CC.CC(OC1CCN(C(C)C)CC1)c1ccccc1.CCC. The highest BCUT2D eigenvalue weighted by atomic mass is 16.5. The van der Waals surface area contributed by atoms with Crippen LogP contribution in [0.25, 0.3) is 0 Å². The van der Waals surface area contributed by atoms with E-state index in [1.165, 1.54) is 25.1 Å². The number of nitrogens with zero attached hydrogens (tertiary/aromatic N) is 1. The first-order valence-corrected chi connectivity index (χ1v) is 9.52. The third-order valence-electron chi connectivity index (χ3n) is 3.87. The molecule has 1 aromatic rings. The zero-order valence-electron chi connectivity index (χ0n) is 16.5. The standard InChI is InChI=1S/C16H25NO.C3H8.C2H6/c1-13(2)17-11-9-16(10-12-17)18-14(3)15-7-5-4-6-8-15;1-3-2;1-2/h4-8,13-14,16H,9-12H2,1-3H3;3H2,1-2H3;1-2H3. The van der Waals surface area contributed by atoms with Crippen molar-refractivity contribution in [1.29, 1.82) is 0 Å². The van der Waals surface area contributed by atoms with Gasteiger partial charge in [0.05, 0.1) is 12.2 Å². The van der Waals surface area contributed by atoms with Crippen LogP contribution in [-0.4, -0.2) is 30.1 Å². The van der Waals surface area contributed by atoms with Crippen molar-refractivity contribution >= 4 is 0 Å². The lowest BCUT2D eigenvalue weighted by Gasteiger charge is -2.35. The molecule has 1 saturated heterocycles. The van der Waals surface area contributed by atoms with Gasteiger partial charge in [-0.3, -0.25) is 0 Å². The van der Waals surface area contributed by atoms with Crippen LogP contribution in [0.15, 0.2) is 30.3 Å². The van der Waals surface area contributed by atoms with Gasteiger partial charge in [0.25, 0.3) is 0 Å². The monoisotopic (exact) mass is 321 g/mol. The molecule has 1 heterocycles. The number of benzene rings is 1. The van der Waals surface area contributed by atoms with Gasteiger partial charge in [-0.2, -0.15) is 0 Å². The van der Waals surface area contributed by atoms with Crippen LogP contribution in [0.2, 0.25) is 0 Å². The Labute approximate surface area is 145 Å². The number of hydrogen-bond donors (Lipinski definition) is 0. The highest BCUT2D eigenvalue weighted by molar-refractivity contribution is 5.16. The molecule has 0 aliphatic carbocycles. The molecule has 2 heteroatoms. The van der Waals surface area contributed by atoms with Crippen LogP contribution in [-0.2, 0) is 4.74 Å². The molecule has 0 amide bonds. The molecule has 0 radical (unpaired) electrons. The fourth-order valence-electron chi connectivity index (χ4n) is 2.62. The Morgan fingerprint density at radius 1 is 1.00 bits per heavy atom. The Kier molecular flexibility index (Phi) is 13.1. The largest absolute Gasteiger partial charge is 0.370 e. The van der Waals surface area contributed by atoms with E-state index in [0.29, 0.717) is 12.1 Å². The molecular weight excluding hydrogens is 282 g/mol. The van der Waals surface area contributed by atoms with Crippen LogP contribution in [0, 0.1) is 0 Å². The number of rotatable bonds is 4. The van der Waals surface area contributed by atoms with E-state index in [1.54, 1.807) is 0 Å². The summed E-state index contributed by atoms with van der Waals surface area (Å²) in [5.41, 5.74) is 1.28. The maximum atomic E-state index is 6.18. The minimum absolute atomic E-state index is 0.210. The van der Waals surface area contributed by atoms with Gasteiger partial charge in [0, 0.05) is 19.1 Å². The van der Waals surface area contributed by atoms with Gasteiger partial charge in [-0.1, -0.05) is 64.4 Å². The van der Waals surface area contributed by atoms with Crippen molar-refractivity contribution in [2.75, 3.05) is 13.1 Å². The minimum Gasteiger partial charge on any atom is -0.370 e. The van der Waals surface area contributed by atoms with Crippen LogP contribution in [0.1, 0.15) is 79.4 Å². The molecule has 0 N–H and O–H groups in total. The van der Waals surface area contributed by atoms with Crippen molar-refractivity contribution in [3.63, 3.8) is 0 Å². The quantitative estimate of drug-likeness (QED) is 0.666. The summed E-state index contributed by atoms with van der Waals surface area (Å²) in [6.07, 6.45) is 4.21. The summed E-state index contributed by atoms with van der Waals surface area (Å²) in [5, 5.41) is 0. The number of ether oxygens (including phenoxy) is 1. The maximum Gasteiger partial charge on any atom is 0.0800 e. The molecule has 0 saturated carbocycles. The number of likely N-dealkylation sites (tertiary alicyclic amines) is 1. The van der Waals surface area contributed by atoms with Crippen LogP contribution in [0.5, 0.6) is 0 Å². The van der Waals surface area contributed by atoms with Crippen LogP contribution in [0.4, 0.5) is 0 Å². The number of hydrogen-bond acceptors (Lipinski definition) is 2. The van der Waals surface area contributed by atoms with Crippen molar-refractivity contribution in [1.82, 2.24) is 4.90 Å². The lowest BCUT2D eigenvalue weighted by molar-refractivity contribution is -0.0398. The second-order valence-corrected chi connectivity index (χ2v) is 6.23. The molecule has 1 aliphatic heterocycles. The molecule has 1 aromatic carbocycles. The van der Waals surface area contributed by atoms with E-state index in [1.807, 2.05) is 13.8 Å². The number of piperidine rings is 1. The average Bonchev–Trinajstić information content (AvgIpc) is 2.58. The minimum atomic E-state index is 0.210. The Hall–Kier alpha value is -0.860. The Morgan fingerprint density at radius 3 is 1.91 bits per heavy atom. The fourth-order valence-corrected chi connectivity index (χ4v) is 2.62. The van der Waals surface area contributed by atoms with Gasteiger partial charge in [-0.25, -0.2) is 0 Å².